The van der Waals surface area contributed by atoms with E-state index in [1.54, 1.807) is 0 Å². The van der Waals surface area contributed by atoms with Crippen LogP contribution in [0.25, 0.3) is 0 Å². The van der Waals surface area contributed by atoms with Crippen molar-refractivity contribution in [3.63, 3.8) is 0 Å². The second-order valence-electron chi connectivity index (χ2n) is 5.11. The number of thiol groups is 1. The summed E-state index contributed by atoms with van der Waals surface area (Å²) in [7, 11) is 0. The van der Waals surface area contributed by atoms with Crippen molar-refractivity contribution in [2.45, 2.75) is 30.2 Å². The second kappa shape index (κ2) is 5.23. The number of piperidine rings is 1. The number of carbonyl (C=O) groups is 1. The Balaban J connectivity index is 1.68. The second-order valence-corrected chi connectivity index (χ2v) is 6.53. The largest absolute Gasteiger partial charge is 0.335 e. The highest BCUT2D eigenvalue weighted by Gasteiger charge is 2.31. The Morgan fingerprint density at radius 2 is 2.22 bits per heavy atom. The summed E-state index contributed by atoms with van der Waals surface area (Å²) in [5.74, 6) is 0.186. The van der Waals surface area contributed by atoms with Gasteiger partial charge in [0.15, 0.2) is 0 Å². The number of rotatable bonds is 1. The standard InChI is InChI=1S/C13H18N2OS2/c16-13(12-7-11(17)9-18-12)15-6-5-14-4-2-1-3-10(14)8-15/h7,9-10,17H,1-6,8H2. The van der Waals surface area contributed by atoms with Crippen LogP contribution in [0.3, 0.4) is 0 Å². The van der Waals surface area contributed by atoms with Gasteiger partial charge in [-0.1, -0.05) is 6.42 Å². The molecule has 1 unspecified atom stereocenters. The lowest BCUT2D eigenvalue weighted by molar-refractivity contribution is 0.0376. The summed E-state index contributed by atoms with van der Waals surface area (Å²) < 4.78 is 0. The van der Waals surface area contributed by atoms with Crippen molar-refractivity contribution in [3.05, 3.63) is 16.3 Å². The van der Waals surface area contributed by atoms with E-state index in [-0.39, 0.29) is 5.91 Å². The van der Waals surface area contributed by atoms with Gasteiger partial charge in [-0.3, -0.25) is 9.69 Å². The van der Waals surface area contributed by atoms with Crippen LogP contribution in [0.1, 0.15) is 28.9 Å². The Morgan fingerprint density at radius 1 is 1.33 bits per heavy atom. The molecule has 3 rings (SSSR count). The van der Waals surface area contributed by atoms with E-state index in [1.165, 1.54) is 37.1 Å². The van der Waals surface area contributed by atoms with Crippen molar-refractivity contribution in [3.8, 4) is 0 Å². The van der Waals surface area contributed by atoms with E-state index in [2.05, 4.69) is 17.5 Å². The molecule has 2 aliphatic heterocycles. The molecule has 2 aliphatic rings. The van der Waals surface area contributed by atoms with Gasteiger partial charge in [-0.05, 0) is 25.5 Å². The number of nitrogens with zero attached hydrogens (tertiary/aromatic N) is 2. The maximum Gasteiger partial charge on any atom is 0.264 e. The fourth-order valence-corrected chi connectivity index (χ4v) is 4.05. The molecule has 1 amide bonds. The molecule has 98 valence electrons. The number of hydrogen-bond donors (Lipinski definition) is 1. The first-order valence-electron chi connectivity index (χ1n) is 6.55. The van der Waals surface area contributed by atoms with Gasteiger partial charge >= 0.3 is 0 Å². The Kier molecular flexibility index (Phi) is 3.63. The molecule has 2 fully saturated rings. The van der Waals surface area contributed by atoms with Gasteiger partial charge in [-0.2, -0.15) is 0 Å². The first kappa shape index (κ1) is 12.5. The van der Waals surface area contributed by atoms with Crippen LogP contribution in [0.2, 0.25) is 0 Å². The van der Waals surface area contributed by atoms with E-state index in [9.17, 15) is 4.79 Å². The zero-order chi connectivity index (χ0) is 12.5. The molecule has 0 bridgehead atoms. The van der Waals surface area contributed by atoms with Crippen molar-refractivity contribution in [1.82, 2.24) is 9.80 Å². The van der Waals surface area contributed by atoms with Crippen LogP contribution >= 0.6 is 24.0 Å². The fourth-order valence-electron chi connectivity index (χ4n) is 2.93. The van der Waals surface area contributed by atoms with Crippen LogP contribution in [0.4, 0.5) is 0 Å². The highest BCUT2D eigenvalue weighted by Crippen LogP contribution is 2.24. The minimum absolute atomic E-state index is 0.186. The number of hydrogen-bond acceptors (Lipinski definition) is 4. The van der Waals surface area contributed by atoms with E-state index >= 15 is 0 Å². The van der Waals surface area contributed by atoms with Gasteiger partial charge < -0.3 is 4.90 Å². The van der Waals surface area contributed by atoms with Gasteiger partial charge in [-0.15, -0.1) is 24.0 Å². The molecule has 5 heteroatoms. The molecular formula is C13H18N2OS2. The van der Waals surface area contributed by atoms with Crippen LogP contribution in [0.15, 0.2) is 16.3 Å². The summed E-state index contributed by atoms with van der Waals surface area (Å²) in [6, 6.07) is 2.47. The molecule has 1 aromatic heterocycles. The number of piperazine rings is 1. The predicted molar refractivity (Wildman–Crippen MR) is 76.7 cm³/mol. The zero-order valence-electron chi connectivity index (χ0n) is 10.3. The number of carbonyl (C=O) groups excluding carboxylic acids is 1. The highest BCUT2D eigenvalue weighted by molar-refractivity contribution is 7.80. The lowest BCUT2D eigenvalue weighted by Gasteiger charge is -2.43. The molecule has 3 nitrogen and oxygen atoms in total. The molecule has 18 heavy (non-hydrogen) atoms. The number of fused-ring (bicyclic) bond motifs is 1. The van der Waals surface area contributed by atoms with Gasteiger partial charge in [0.2, 0.25) is 0 Å². The highest BCUT2D eigenvalue weighted by atomic mass is 32.1. The molecular weight excluding hydrogens is 264 g/mol. The summed E-state index contributed by atoms with van der Waals surface area (Å²) >= 11 is 5.77. The maximum absolute atomic E-state index is 12.4. The fraction of sp³-hybridized carbons (Fsp3) is 0.615. The van der Waals surface area contributed by atoms with Crippen molar-refractivity contribution in [1.29, 1.82) is 0 Å². The van der Waals surface area contributed by atoms with Gasteiger partial charge in [0.05, 0.1) is 4.88 Å². The normalized spacial score (nSPS) is 24.9. The van der Waals surface area contributed by atoms with Crippen molar-refractivity contribution in [2.75, 3.05) is 26.2 Å². The summed E-state index contributed by atoms with van der Waals surface area (Å²) in [6.45, 7) is 4.02. The topological polar surface area (TPSA) is 23.6 Å². The third-order valence-electron chi connectivity index (χ3n) is 3.92. The van der Waals surface area contributed by atoms with Crippen LogP contribution in [0, 0.1) is 0 Å². The molecule has 0 N–H and O–H groups in total. The first-order chi connectivity index (χ1) is 8.74. The van der Waals surface area contributed by atoms with Crippen molar-refractivity contribution in [2.24, 2.45) is 0 Å². The summed E-state index contributed by atoms with van der Waals surface area (Å²) in [4.78, 5) is 18.7. The quantitative estimate of drug-likeness (QED) is 0.799. The average Bonchev–Trinajstić information content (AvgIpc) is 2.84. The third kappa shape index (κ3) is 2.44. The zero-order valence-corrected chi connectivity index (χ0v) is 12.1. The maximum atomic E-state index is 12.4. The van der Waals surface area contributed by atoms with Crippen LogP contribution in [-0.2, 0) is 0 Å². The molecule has 1 aromatic rings. The lowest BCUT2D eigenvalue weighted by Crippen LogP contribution is -2.56. The van der Waals surface area contributed by atoms with Crippen molar-refractivity contribution < 1.29 is 4.79 Å². The molecule has 0 aromatic carbocycles. The molecule has 3 heterocycles. The molecule has 2 saturated heterocycles. The molecule has 1 atom stereocenters. The SMILES string of the molecule is O=C(c1cc(S)cs1)N1CCN2CCCCC2C1. The van der Waals surface area contributed by atoms with E-state index in [4.69, 9.17) is 0 Å². The Hall–Kier alpha value is -0.520. The molecule has 0 spiro atoms. The Labute approximate surface area is 117 Å². The minimum atomic E-state index is 0.186. The third-order valence-corrected chi connectivity index (χ3v) is 5.27. The minimum Gasteiger partial charge on any atom is -0.335 e. The molecule has 0 aliphatic carbocycles. The van der Waals surface area contributed by atoms with Crippen molar-refractivity contribution >= 4 is 29.9 Å². The molecule has 0 radical (unpaired) electrons. The van der Waals surface area contributed by atoms with E-state index in [0.29, 0.717) is 6.04 Å². The predicted octanol–water partition coefficient (Wildman–Crippen LogP) is 2.35. The van der Waals surface area contributed by atoms with Gasteiger partial charge in [0.1, 0.15) is 0 Å². The monoisotopic (exact) mass is 282 g/mol. The van der Waals surface area contributed by atoms with E-state index in [1.807, 2.05) is 16.3 Å². The van der Waals surface area contributed by atoms with Crippen LogP contribution < -0.4 is 0 Å². The summed E-state index contributed by atoms with van der Waals surface area (Å²) in [6.07, 6.45) is 3.87. The van der Waals surface area contributed by atoms with Crippen LogP contribution in [0.5, 0.6) is 0 Å². The Morgan fingerprint density at radius 3 is 3.00 bits per heavy atom. The average molecular weight is 282 g/mol. The smallest absolute Gasteiger partial charge is 0.264 e. The molecule has 0 saturated carbocycles. The number of thiophene rings is 1. The van der Waals surface area contributed by atoms with Gasteiger partial charge in [0, 0.05) is 36.0 Å². The van der Waals surface area contributed by atoms with Gasteiger partial charge in [-0.25, -0.2) is 0 Å². The van der Waals surface area contributed by atoms with E-state index in [0.717, 1.165) is 29.4 Å². The van der Waals surface area contributed by atoms with E-state index < -0.39 is 0 Å². The lowest BCUT2D eigenvalue weighted by atomic mass is 9.99. The summed E-state index contributed by atoms with van der Waals surface area (Å²) in [5, 5.41) is 1.92. The Bertz CT molecular complexity index is 446. The number of amides is 1. The summed E-state index contributed by atoms with van der Waals surface area (Å²) in [5.41, 5.74) is 0. The van der Waals surface area contributed by atoms with Crippen LogP contribution in [-0.4, -0.2) is 47.9 Å². The first-order valence-corrected chi connectivity index (χ1v) is 7.87. The van der Waals surface area contributed by atoms with Gasteiger partial charge in [0.25, 0.3) is 5.91 Å².